The highest BCUT2D eigenvalue weighted by molar-refractivity contribution is 9.10. The van der Waals surface area contributed by atoms with Gasteiger partial charge in [0.1, 0.15) is 5.82 Å². The molecule has 1 aromatic carbocycles. The van der Waals surface area contributed by atoms with E-state index in [1.165, 1.54) is 13.1 Å². The first-order valence-electron chi connectivity index (χ1n) is 6.11. The minimum Gasteiger partial charge on any atom is -0.294 e. The molecule has 0 aliphatic rings. The van der Waals surface area contributed by atoms with E-state index in [9.17, 15) is 4.79 Å². The molecule has 5 nitrogen and oxygen atoms in total. The largest absolute Gasteiger partial charge is 0.294 e. The lowest BCUT2D eigenvalue weighted by Crippen LogP contribution is -2.03. The number of rotatable bonds is 4. The highest BCUT2D eigenvalue weighted by Crippen LogP contribution is 2.33. The van der Waals surface area contributed by atoms with Crippen molar-refractivity contribution in [3.8, 4) is 0 Å². The minimum absolute atomic E-state index is 0.0393. The van der Waals surface area contributed by atoms with Gasteiger partial charge in [0.15, 0.2) is 5.78 Å². The first-order valence-corrected chi connectivity index (χ1v) is 7.66. The summed E-state index contributed by atoms with van der Waals surface area (Å²) in [6, 6.07) is 5.44. The second kappa shape index (κ2) is 7.11. The lowest BCUT2D eigenvalue weighted by atomic mass is 9.99. The Balaban J connectivity index is 2.58. The van der Waals surface area contributed by atoms with Crippen molar-refractivity contribution < 1.29 is 4.79 Å². The number of hydrogen-bond donors (Lipinski definition) is 0. The van der Waals surface area contributed by atoms with Crippen LogP contribution in [0.1, 0.15) is 28.4 Å². The Morgan fingerprint density at radius 2 is 2.18 bits per heavy atom. The topological polar surface area (TPSA) is 78.7 Å². The van der Waals surface area contributed by atoms with Crippen molar-refractivity contribution in [1.82, 2.24) is 4.98 Å². The number of carbonyl (C=O) groups is 1. The monoisotopic (exact) mass is 398 g/mol. The van der Waals surface area contributed by atoms with Gasteiger partial charge in [-0.05, 0) is 40.8 Å². The van der Waals surface area contributed by atoms with E-state index in [1.807, 2.05) is 12.1 Å². The highest BCUT2D eigenvalue weighted by Gasteiger charge is 2.17. The van der Waals surface area contributed by atoms with E-state index in [2.05, 4.69) is 30.9 Å². The number of carbonyl (C=O) groups excluding carboxylic acids is 1. The third-order valence-electron chi connectivity index (χ3n) is 3.00. The first-order chi connectivity index (χ1) is 10.4. The van der Waals surface area contributed by atoms with E-state index in [1.54, 1.807) is 6.07 Å². The zero-order valence-electron chi connectivity index (χ0n) is 11.3. The molecule has 2 rings (SSSR count). The molecule has 0 aliphatic carbocycles. The number of pyridine rings is 1. The van der Waals surface area contributed by atoms with Crippen molar-refractivity contribution in [1.29, 1.82) is 0 Å². The van der Waals surface area contributed by atoms with Crippen molar-refractivity contribution in [3.63, 3.8) is 0 Å². The lowest BCUT2D eigenvalue weighted by Gasteiger charge is -2.12. The Morgan fingerprint density at radius 3 is 2.77 bits per heavy atom. The van der Waals surface area contributed by atoms with Crippen LogP contribution in [0, 0.1) is 0 Å². The van der Waals surface area contributed by atoms with Crippen LogP contribution in [0.3, 0.4) is 0 Å². The van der Waals surface area contributed by atoms with Gasteiger partial charge < -0.3 is 0 Å². The average molecular weight is 400 g/mol. The van der Waals surface area contributed by atoms with Crippen molar-refractivity contribution in [2.24, 2.45) is 5.11 Å². The number of ketones is 1. The molecule has 1 aromatic heterocycles. The molecule has 2 aromatic rings. The summed E-state index contributed by atoms with van der Waals surface area (Å²) < 4.78 is 0.851. The number of aromatic nitrogens is 1. The minimum atomic E-state index is -0.176. The van der Waals surface area contributed by atoms with Crippen molar-refractivity contribution >= 4 is 50.7 Å². The quantitative estimate of drug-likeness (QED) is 0.278. The van der Waals surface area contributed by atoms with Crippen molar-refractivity contribution in [2.75, 3.05) is 0 Å². The third-order valence-corrected chi connectivity index (χ3v) is 4.25. The van der Waals surface area contributed by atoms with Crippen molar-refractivity contribution in [3.05, 3.63) is 66.0 Å². The van der Waals surface area contributed by atoms with Crippen LogP contribution in [0.25, 0.3) is 10.4 Å². The zero-order chi connectivity index (χ0) is 16.3. The molecule has 0 fully saturated rings. The molecule has 0 spiro atoms. The molecule has 0 saturated heterocycles. The predicted molar refractivity (Wildman–Crippen MR) is 90.0 cm³/mol. The molecule has 112 valence electrons. The Labute approximate surface area is 145 Å². The van der Waals surface area contributed by atoms with Crippen LogP contribution in [-0.2, 0) is 6.42 Å². The van der Waals surface area contributed by atoms with Crippen LogP contribution in [0.15, 0.2) is 34.0 Å². The van der Waals surface area contributed by atoms with Gasteiger partial charge in [0.2, 0.25) is 0 Å². The second-order valence-electron chi connectivity index (χ2n) is 4.45. The number of halogens is 3. The normalized spacial score (nSPS) is 10.2. The van der Waals surface area contributed by atoms with Gasteiger partial charge >= 0.3 is 0 Å². The number of azide groups is 1. The summed E-state index contributed by atoms with van der Waals surface area (Å²) in [4.78, 5) is 18.4. The zero-order valence-corrected chi connectivity index (χ0v) is 14.4. The van der Waals surface area contributed by atoms with E-state index >= 15 is 0 Å². The van der Waals surface area contributed by atoms with Crippen LogP contribution >= 0.6 is 39.1 Å². The lowest BCUT2D eigenvalue weighted by molar-refractivity contribution is 0.101. The van der Waals surface area contributed by atoms with Crippen LogP contribution in [0.2, 0.25) is 10.0 Å². The summed E-state index contributed by atoms with van der Waals surface area (Å²) in [6.07, 6.45) is 1.69. The van der Waals surface area contributed by atoms with Crippen LogP contribution in [0.5, 0.6) is 0 Å². The summed E-state index contributed by atoms with van der Waals surface area (Å²) in [7, 11) is 0. The molecule has 22 heavy (non-hydrogen) atoms. The maximum atomic E-state index is 11.8. The van der Waals surface area contributed by atoms with Gasteiger partial charge in [-0.15, -0.1) is 0 Å². The molecule has 8 heteroatoms. The Kier molecular flexibility index (Phi) is 5.42. The second-order valence-corrected chi connectivity index (χ2v) is 6.15. The van der Waals surface area contributed by atoms with Crippen LogP contribution in [-0.4, -0.2) is 10.8 Å². The number of hydrogen-bond acceptors (Lipinski definition) is 3. The molecule has 0 radical (unpaired) electrons. The first kappa shape index (κ1) is 16.8. The summed E-state index contributed by atoms with van der Waals surface area (Å²) in [5, 5.41) is 4.13. The molecular weight excluding hydrogens is 391 g/mol. The average Bonchev–Trinajstić information content (AvgIpc) is 2.45. The van der Waals surface area contributed by atoms with Crippen LogP contribution < -0.4 is 0 Å². The summed E-state index contributed by atoms with van der Waals surface area (Å²) >= 11 is 15.8. The summed E-state index contributed by atoms with van der Waals surface area (Å²) in [6.45, 7) is 1.42. The highest BCUT2D eigenvalue weighted by atomic mass is 79.9. The fourth-order valence-electron chi connectivity index (χ4n) is 1.96. The van der Waals surface area contributed by atoms with E-state index in [4.69, 9.17) is 28.7 Å². The molecule has 0 N–H and O–H groups in total. The molecular formula is C14H9BrCl2N4O. The molecule has 0 unspecified atom stereocenters. The van der Waals surface area contributed by atoms with Gasteiger partial charge in [-0.25, -0.2) is 0 Å². The Bertz CT molecular complexity index is 804. The molecule has 0 aliphatic heterocycles. The predicted octanol–water partition coefficient (Wildman–Crippen LogP) is 5.89. The van der Waals surface area contributed by atoms with E-state index < -0.39 is 0 Å². The SMILES string of the molecule is CC(=O)c1cnc(N=[N+]=[N-])c(Cl)c1Cc1ccc(Br)cc1Cl. The number of nitrogens with zero attached hydrogens (tertiary/aromatic N) is 4. The Hall–Kier alpha value is -1.59. The van der Waals surface area contributed by atoms with Gasteiger partial charge in [-0.1, -0.05) is 45.2 Å². The van der Waals surface area contributed by atoms with E-state index in [0.29, 0.717) is 22.6 Å². The van der Waals surface area contributed by atoms with Gasteiger partial charge in [-0.3, -0.25) is 9.78 Å². The molecule has 1 heterocycles. The Morgan fingerprint density at radius 1 is 1.45 bits per heavy atom. The standard InChI is InChI=1S/C14H9BrCl2N4O/c1-7(22)11-6-19-14(20-21-18)13(17)10(11)4-8-2-3-9(15)5-12(8)16/h2-3,5-6H,4H2,1H3. The number of benzene rings is 1. The molecule has 0 bridgehead atoms. The van der Waals surface area contributed by atoms with Gasteiger partial charge in [-0.2, -0.15) is 0 Å². The van der Waals surface area contributed by atoms with Crippen LogP contribution in [0.4, 0.5) is 5.82 Å². The van der Waals surface area contributed by atoms with Gasteiger partial charge in [0, 0.05) is 32.6 Å². The summed E-state index contributed by atoms with van der Waals surface area (Å²) in [5.41, 5.74) is 10.3. The molecule has 0 atom stereocenters. The fourth-order valence-corrected chi connectivity index (χ4v) is 2.95. The summed E-state index contributed by atoms with van der Waals surface area (Å²) in [5.74, 6) is -0.137. The van der Waals surface area contributed by atoms with E-state index in [-0.39, 0.29) is 16.6 Å². The molecule has 0 amide bonds. The van der Waals surface area contributed by atoms with E-state index in [0.717, 1.165) is 10.0 Å². The smallest absolute Gasteiger partial charge is 0.161 e. The van der Waals surface area contributed by atoms with Crippen molar-refractivity contribution in [2.45, 2.75) is 13.3 Å². The van der Waals surface area contributed by atoms with Gasteiger partial charge in [0.25, 0.3) is 0 Å². The number of Topliss-reactive ketones (excluding diaryl/α,β-unsaturated/α-hetero) is 1. The fraction of sp³-hybridized carbons (Fsp3) is 0.143. The molecule has 0 saturated carbocycles. The maximum Gasteiger partial charge on any atom is 0.161 e. The third kappa shape index (κ3) is 3.59. The maximum absolute atomic E-state index is 11.8. The van der Waals surface area contributed by atoms with Gasteiger partial charge in [0.05, 0.1) is 5.02 Å².